The lowest BCUT2D eigenvalue weighted by molar-refractivity contribution is -0.172. The number of aryl methyl sites for hydroxylation is 1. The zero-order valence-electron chi connectivity index (χ0n) is 16.4. The second-order valence-corrected chi connectivity index (χ2v) is 8.91. The molecule has 1 aromatic heterocycles. The van der Waals surface area contributed by atoms with Crippen LogP contribution in [-0.2, 0) is 33.6 Å². The first-order valence-corrected chi connectivity index (χ1v) is 9.84. The Kier molecular flexibility index (Phi) is 5.44. The number of Topliss-reactive ketones (excluding diaryl/α,β-unsaturated/α-hetero) is 1. The molecule has 1 atom stereocenters. The van der Waals surface area contributed by atoms with Crippen molar-refractivity contribution in [3.63, 3.8) is 0 Å². The van der Waals surface area contributed by atoms with Crippen LogP contribution in [0.3, 0.4) is 0 Å². The summed E-state index contributed by atoms with van der Waals surface area (Å²) in [7, 11) is 0. The quantitative estimate of drug-likeness (QED) is 0.299. The van der Waals surface area contributed by atoms with Gasteiger partial charge in [-0.1, -0.05) is 5.16 Å². The smallest absolute Gasteiger partial charge is 0.353 e. The first-order valence-electron chi connectivity index (χ1n) is 8.97. The van der Waals surface area contributed by atoms with E-state index in [0.29, 0.717) is 17.8 Å². The zero-order valence-corrected chi connectivity index (χ0v) is 17.3. The molecule has 156 valence electrons. The number of rotatable bonds is 7. The molecule has 10 nitrogen and oxygen atoms in total. The summed E-state index contributed by atoms with van der Waals surface area (Å²) >= 11 is 1.29. The van der Waals surface area contributed by atoms with Crippen LogP contribution in [0.15, 0.2) is 10.5 Å². The highest BCUT2D eigenvalue weighted by atomic mass is 32.1. The Morgan fingerprint density at radius 2 is 2.07 bits per heavy atom. The molecule has 3 rings (SSSR count). The van der Waals surface area contributed by atoms with E-state index in [1.807, 2.05) is 5.48 Å². The Labute approximate surface area is 170 Å². The number of hydrogen-bond acceptors (Lipinski definition) is 10. The van der Waals surface area contributed by atoms with Crippen LogP contribution in [0.2, 0.25) is 0 Å². The first kappa shape index (κ1) is 20.9. The van der Waals surface area contributed by atoms with E-state index in [0.717, 1.165) is 0 Å². The Morgan fingerprint density at radius 1 is 1.38 bits per heavy atom. The van der Waals surface area contributed by atoms with Crippen LogP contribution in [0.25, 0.3) is 0 Å². The molecule has 1 aliphatic carbocycles. The Bertz CT molecular complexity index is 880. The summed E-state index contributed by atoms with van der Waals surface area (Å²) < 4.78 is 5.36. The second kappa shape index (κ2) is 7.54. The van der Waals surface area contributed by atoms with E-state index in [2.05, 4.69) is 15.0 Å². The van der Waals surface area contributed by atoms with E-state index in [9.17, 15) is 19.2 Å². The van der Waals surface area contributed by atoms with Crippen molar-refractivity contribution < 1.29 is 33.6 Å². The predicted molar refractivity (Wildman–Crippen MR) is 99.6 cm³/mol. The summed E-state index contributed by atoms with van der Waals surface area (Å²) in [5.41, 5.74) is 0.0578. The molecule has 0 bridgehead atoms. The monoisotopic (exact) mass is 423 g/mol. The number of thiazole rings is 1. The van der Waals surface area contributed by atoms with E-state index in [1.165, 1.54) is 11.3 Å². The third-order valence-corrected chi connectivity index (χ3v) is 4.93. The number of carbonyl (C=O) groups excluding carboxylic acids is 4. The third kappa shape index (κ3) is 4.78. The van der Waals surface area contributed by atoms with Gasteiger partial charge in [-0.3, -0.25) is 9.59 Å². The standard InChI is InChI=1S/C18H21N3O7S/c1-9-19-11(8-29-9)13(12(22)7-10-14(23)21-27-15(10)24)20-28-18(5-6-18)16(25)26-17(2,3)4/h8,10H,5-7H2,1-4H3,(H,21,23)/b20-13-/t10-/m1/s1. The number of nitrogens with zero attached hydrogens (tertiary/aromatic N) is 2. The number of ether oxygens (including phenoxy) is 1. The summed E-state index contributed by atoms with van der Waals surface area (Å²) in [6, 6.07) is 0. The maximum Gasteiger partial charge on any atom is 0.353 e. The van der Waals surface area contributed by atoms with Crippen molar-refractivity contribution in [3.05, 3.63) is 16.1 Å². The van der Waals surface area contributed by atoms with E-state index in [4.69, 9.17) is 9.57 Å². The normalized spacial score (nSPS) is 20.7. The average molecular weight is 423 g/mol. The highest BCUT2D eigenvalue weighted by Gasteiger charge is 2.56. The van der Waals surface area contributed by atoms with Crippen molar-refractivity contribution in [2.24, 2.45) is 11.1 Å². The minimum atomic E-state index is -1.27. The lowest BCUT2D eigenvalue weighted by atomic mass is 9.99. The number of carbonyl (C=O) groups is 4. The fourth-order valence-corrected chi connectivity index (χ4v) is 3.07. The number of esters is 1. The van der Waals surface area contributed by atoms with Gasteiger partial charge in [0.25, 0.3) is 5.91 Å². The molecular weight excluding hydrogens is 402 g/mol. The average Bonchev–Trinajstić information content (AvgIpc) is 3.20. The van der Waals surface area contributed by atoms with Gasteiger partial charge >= 0.3 is 11.9 Å². The van der Waals surface area contributed by atoms with Gasteiger partial charge < -0.3 is 14.4 Å². The molecule has 0 spiro atoms. The lowest BCUT2D eigenvalue weighted by Crippen LogP contribution is -2.35. The molecule has 1 aliphatic heterocycles. The van der Waals surface area contributed by atoms with Gasteiger partial charge in [0.1, 0.15) is 17.2 Å². The molecule has 0 aromatic carbocycles. The minimum absolute atomic E-state index is 0.170. The van der Waals surface area contributed by atoms with E-state index < -0.39 is 47.2 Å². The molecule has 2 aliphatic rings. The number of hydroxylamine groups is 1. The summed E-state index contributed by atoms with van der Waals surface area (Å²) in [6.45, 7) is 6.97. The van der Waals surface area contributed by atoms with Crippen molar-refractivity contribution in [3.8, 4) is 0 Å². The van der Waals surface area contributed by atoms with Gasteiger partial charge in [-0.2, -0.15) is 5.48 Å². The Balaban J connectivity index is 1.81. The summed E-state index contributed by atoms with van der Waals surface area (Å²) in [4.78, 5) is 62.6. The lowest BCUT2D eigenvalue weighted by Gasteiger charge is -2.22. The fraction of sp³-hybridized carbons (Fsp3) is 0.556. The summed E-state index contributed by atoms with van der Waals surface area (Å²) in [5.74, 6) is -4.01. The van der Waals surface area contributed by atoms with Gasteiger partial charge in [0.2, 0.25) is 5.60 Å². The van der Waals surface area contributed by atoms with E-state index in [-0.39, 0.29) is 11.4 Å². The molecule has 1 N–H and O–H groups in total. The molecule has 1 saturated heterocycles. The zero-order chi connectivity index (χ0) is 21.4. The topological polar surface area (TPSA) is 133 Å². The van der Waals surface area contributed by atoms with Crippen LogP contribution in [-0.4, -0.2) is 45.5 Å². The van der Waals surface area contributed by atoms with Crippen LogP contribution in [0.5, 0.6) is 0 Å². The molecule has 1 aromatic rings. The third-order valence-electron chi connectivity index (χ3n) is 4.16. The molecule has 1 amide bonds. The number of oxime groups is 1. The van der Waals surface area contributed by atoms with Crippen LogP contribution >= 0.6 is 11.3 Å². The number of aromatic nitrogens is 1. The van der Waals surface area contributed by atoms with Crippen LogP contribution in [0, 0.1) is 12.8 Å². The molecular formula is C18H21N3O7S. The maximum absolute atomic E-state index is 12.8. The van der Waals surface area contributed by atoms with Gasteiger partial charge in [0.05, 0.1) is 5.01 Å². The van der Waals surface area contributed by atoms with Crippen molar-refractivity contribution in [1.82, 2.24) is 10.5 Å². The van der Waals surface area contributed by atoms with Crippen molar-refractivity contribution >= 4 is 40.7 Å². The van der Waals surface area contributed by atoms with Gasteiger partial charge in [-0.05, 0) is 27.7 Å². The molecule has 0 radical (unpaired) electrons. The largest absolute Gasteiger partial charge is 0.457 e. The minimum Gasteiger partial charge on any atom is -0.457 e. The molecule has 1 saturated carbocycles. The predicted octanol–water partition coefficient (Wildman–Crippen LogP) is 1.21. The maximum atomic E-state index is 12.8. The number of amides is 1. The highest BCUT2D eigenvalue weighted by molar-refractivity contribution is 7.09. The Hall–Kier alpha value is -2.82. The highest BCUT2D eigenvalue weighted by Crippen LogP contribution is 2.42. The van der Waals surface area contributed by atoms with Crippen LogP contribution in [0.4, 0.5) is 0 Å². The van der Waals surface area contributed by atoms with Gasteiger partial charge in [0.15, 0.2) is 11.5 Å². The SMILES string of the molecule is Cc1nc(/C(=N/OC2(C(=O)OC(C)(C)C)CC2)C(=O)C[C@@H]2C(=O)NOC2=O)cs1. The van der Waals surface area contributed by atoms with Gasteiger partial charge in [-0.15, -0.1) is 11.3 Å². The fourth-order valence-electron chi connectivity index (χ4n) is 2.47. The summed E-state index contributed by atoms with van der Waals surface area (Å²) in [5, 5.41) is 6.20. The molecule has 29 heavy (non-hydrogen) atoms. The van der Waals surface area contributed by atoms with E-state index in [1.54, 1.807) is 33.1 Å². The second-order valence-electron chi connectivity index (χ2n) is 7.85. The molecule has 2 fully saturated rings. The van der Waals surface area contributed by atoms with Gasteiger partial charge in [-0.25, -0.2) is 14.6 Å². The van der Waals surface area contributed by atoms with Crippen molar-refractivity contribution in [1.29, 1.82) is 0 Å². The summed E-state index contributed by atoms with van der Waals surface area (Å²) in [6.07, 6.45) is 0.351. The Morgan fingerprint density at radius 3 is 2.55 bits per heavy atom. The molecule has 2 heterocycles. The van der Waals surface area contributed by atoms with Crippen LogP contribution < -0.4 is 5.48 Å². The van der Waals surface area contributed by atoms with Crippen molar-refractivity contribution in [2.75, 3.05) is 0 Å². The molecule has 11 heteroatoms. The van der Waals surface area contributed by atoms with E-state index >= 15 is 0 Å². The van der Waals surface area contributed by atoms with Crippen LogP contribution in [0.1, 0.15) is 50.7 Å². The number of nitrogens with one attached hydrogen (secondary N) is 1. The van der Waals surface area contributed by atoms with Crippen molar-refractivity contribution in [2.45, 2.75) is 58.2 Å². The number of ketones is 1. The first-order chi connectivity index (χ1) is 13.5. The van der Waals surface area contributed by atoms with Gasteiger partial charge in [0, 0.05) is 24.6 Å². The number of hydrogen-bond donors (Lipinski definition) is 1. The molecule has 0 unspecified atom stereocenters.